The number of hydrogen-bond donors (Lipinski definition) is 3. The Labute approximate surface area is 148 Å². The summed E-state index contributed by atoms with van der Waals surface area (Å²) < 4.78 is 0. The van der Waals surface area contributed by atoms with Crippen LogP contribution in [0.4, 0.5) is 5.69 Å². The molecule has 0 saturated carbocycles. The summed E-state index contributed by atoms with van der Waals surface area (Å²) in [6, 6.07) is 4.72. The first-order valence-electron chi connectivity index (χ1n) is 7.21. The lowest BCUT2D eigenvalue weighted by Crippen LogP contribution is -2.49. The van der Waals surface area contributed by atoms with Gasteiger partial charge >= 0.3 is 0 Å². The summed E-state index contributed by atoms with van der Waals surface area (Å²) in [5.74, 6) is -0.436. The molecule has 23 heavy (non-hydrogen) atoms. The number of anilines is 1. The van der Waals surface area contributed by atoms with Crippen LogP contribution in [0.2, 0.25) is 5.02 Å². The molecular formula is C16H25Cl2N3O2. The summed E-state index contributed by atoms with van der Waals surface area (Å²) in [7, 11) is 0. The van der Waals surface area contributed by atoms with E-state index in [9.17, 15) is 9.59 Å². The molecule has 1 aromatic carbocycles. The minimum atomic E-state index is -0.606. The van der Waals surface area contributed by atoms with E-state index in [1.54, 1.807) is 18.2 Å². The van der Waals surface area contributed by atoms with E-state index in [0.29, 0.717) is 10.7 Å². The van der Waals surface area contributed by atoms with Crippen molar-refractivity contribution in [2.45, 2.75) is 40.2 Å². The van der Waals surface area contributed by atoms with Crippen molar-refractivity contribution in [3.05, 3.63) is 28.8 Å². The van der Waals surface area contributed by atoms with Gasteiger partial charge in [-0.15, -0.1) is 12.4 Å². The number of carbonyl (C=O) groups excluding carboxylic acids is 2. The molecule has 0 radical (unpaired) electrons. The molecule has 0 aliphatic carbocycles. The Balaban J connectivity index is 0.00000484. The summed E-state index contributed by atoms with van der Waals surface area (Å²) >= 11 is 6.00. The van der Waals surface area contributed by atoms with Crippen LogP contribution in [0.25, 0.3) is 0 Å². The van der Waals surface area contributed by atoms with Gasteiger partial charge in [0.05, 0.1) is 6.04 Å². The quantitative estimate of drug-likeness (QED) is 0.753. The number of carbonyl (C=O) groups is 2. The Morgan fingerprint density at radius 3 is 2.48 bits per heavy atom. The SMILES string of the molecule is Cc1c(Cl)cccc1NC(=O)CCNC(=O)[C@@H](N)C(C)(C)C.Cl. The first-order chi connectivity index (χ1) is 10.1. The first-order valence-corrected chi connectivity index (χ1v) is 7.59. The molecule has 0 fully saturated rings. The van der Waals surface area contributed by atoms with Crippen molar-refractivity contribution in [2.24, 2.45) is 11.1 Å². The van der Waals surface area contributed by atoms with Crippen LogP contribution in [0.1, 0.15) is 32.8 Å². The second kappa shape index (κ2) is 9.11. The van der Waals surface area contributed by atoms with Gasteiger partial charge in [-0.05, 0) is 30.0 Å². The Bertz CT molecular complexity index is 557. The molecule has 0 bridgehead atoms. The topological polar surface area (TPSA) is 84.2 Å². The molecule has 0 aliphatic heterocycles. The van der Waals surface area contributed by atoms with E-state index < -0.39 is 6.04 Å². The molecule has 0 aromatic heterocycles. The monoisotopic (exact) mass is 361 g/mol. The molecule has 4 N–H and O–H groups in total. The van der Waals surface area contributed by atoms with E-state index in [2.05, 4.69) is 10.6 Å². The normalized spacial score (nSPS) is 12.1. The first kappa shape index (κ1) is 21.7. The van der Waals surface area contributed by atoms with Gasteiger partial charge in [-0.1, -0.05) is 38.4 Å². The molecule has 1 rings (SSSR count). The highest BCUT2D eigenvalue weighted by Crippen LogP contribution is 2.23. The van der Waals surface area contributed by atoms with Crippen LogP contribution in [0.15, 0.2) is 18.2 Å². The third kappa shape index (κ3) is 6.77. The maximum Gasteiger partial charge on any atom is 0.237 e. The van der Waals surface area contributed by atoms with Crippen LogP contribution in [0.3, 0.4) is 0 Å². The molecule has 2 amide bonds. The maximum atomic E-state index is 11.9. The van der Waals surface area contributed by atoms with Gasteiger partial charge in [-0.2, -0.15) is 0 Å². The van der Waals surface area contributed by atoms with Crippen LogP contribution in [0, 0.1) is 12.3 Å². The number of nitrogens with two attached hydrogens (primary N) is 1. The summed E-state index contributed by atoms with van der Waals surface area (Å²) in [5.41, 5.74) is 7.02. The van der Waals surface area contributed by atoms with Crippen molar-refractivity contribution in [1.29, 1.82) is 0 Å². The number of hydrogen-bond acceptors (Lipinski definition) is 3. The van der Waals surface area contributed by atoms with E-state index in [4.69, 9.17) is 17.3 Å². The predicted molar refractivity (Wildman–Crippen MR) is 97.1 cm³/mol. The lowest BCUT2D eigenvalue weighted by atomic mass is 9.87. The number of rotatable bonds is 5. The zero-order valence-corrected chi connectivity index (χ0v) is 15.5. The highest BCUT2D eigenvalue weighted by molar-refractivity contribution is 6.31. The van der Waals surface area contributed by atoms with Crippen molar-refractivity contribution < 1.29 is 9.59 Å². The van der Waals surface area contributed by atoms with Crippen molar-refractivity contribution in [3.63, 3.8) is 0 Å². The Morgan fingerprint density at radius 2 is 1.91 bits per heavy atom. The molecule has 1 aromatic rings. The largest absolute Gasteiger partial charge is 0.354 e. The van der Waals surface area contributed by atoms with Gasteiger partial charge in [-0.3, -0.25) is 9.59 Å². The van der Waals surface area contributed by atoms with Crippen LogP contribution < -0.4 is 16.4 Å². The average molecular weight is 362 g/mol. The van der Waals surface area contributed by atoms with Crippen LogP contribution in [-0.2, 0) is 9.59 Å². The molecule has 130 valence electrons. The van der Waals surface area contributed by atoms with Crippen LogP contribution in [0.5, 0.6) is 0 Å². The number of nitrogens with one attached hydrogen (secondary N) is 2. The maximum absolute atomic E-state index is 11.9. The molecular weight excluding hydrogens is 337 g/mol. The van der Waals surface area contributed by atoms with Gasteiger partial charge in [0, 0.05) is 23.7 Å². The highest BCUT2D eigenvalue weighted by atomic mass is 35.5. The van der Waals surface area contributed by atoms with Crippen LogP contribution in [-0.4, -0.2) is 24.4 Å². The second-order valence-electron chi connectivity index (χ2n) is 6.35. The number of amides is 2. The van der Waals surface area contributed by atoms with Gasteiger partial charge in [0.1, 0.15) is 0 Å². The third-order valence-corrected chi connectivity index (χ3v) is 3.82. The molecule has 7 heteroatoms. The van der Waals surface area contributed by atoms with Crippen LogP contribution >= 0.6 is 24.0 Å². The van der Waals surface area contributed by atoms with E-state index in [1.165, 1.54) is 0 Å². The van der Waals surface area contributed by atoms with Crippen molar-refractivity contribution >= 4 is 41.5 Å². The minimum absolute atomic E-state index is 0. The molecule has 0 spiro atoms. The number of halogens is 2. The fourth-order valence-electron chi connectivity index (χ4n) is 1.76. The summed E-state index contributed by atoms with van der Waals surface area (Å²) in [5, 5.41) is 6.06. The van der Waals surface area contributed by atoms with Gasteiger partial charge in [-0.25, -0.2) is 0 Å². The zero-order chi connectivity index (χ0) is 16.9. The highest BCUT2D eigenvalue weighted by Gasteiger charge is 2.27. The molecule has 0 saturated heterocycles. The lowest BCUT2D eigenvalue weighted by Gasteiger charge is -2.25. The smallest absolute Gasteiger partial charge is 0.237 e. The zero-order valence-electron chi connectivity index (χ0n) is 13.9. The van der Waals surface area contributed by atoms with Crippen molar-refractivity contribution in [1.82, 2.24) is 5.32 Å². The van der Waals surface area contributed by atoms with E-state index >= 15 is 0 Å². The van der Waals surface area contributed by atoms with Gasteiger partial charge < -0.3 is 16.4 Å². The summed E-state index contributed by atoms with van der Waals surface area (Å²) in [6.45, 7) is 7.76. The Hall–Kier alpha value is -1.30. The van der Waals surface area contributed by atoms with Gasteiger partial charge in [0.25, 0.3) is 0 Å². The second-order valence-corrected chi connectivity index (χ2v) is 6.75. The molecule has 0 unspecified atom stereocenters. The number of benzene rings is 1. The lowest BCUT2D eigenvalue weighted by molar-refractivity contribution is -0.124. The minimum Gasteiger partial charge on any atom is -0.354 e. The molecule has 0 heterocycles. The summed E-state index contributed by atoms with van der Waals surface area (Å²) in [4.78, 5) is 23.7. The Kier molecular flexibility index (Phi) is 8.59. The van der Waals surface area contributed by atoms with Crippen molar-refractivity contribution in [2.75, 3.05) is 11.9 Å². The Morgan fingerprint density at radius 1 is 1.30 bits per heavy atom. The molecule has 1 atom stereocenters. The van der Waals surface area contributed by atoms with Gasteiger partial charge in [0.2, 0.25) is 11.8 Å². The fraction of sp³-hybridized carbons (Fsp3) is 0.500. The predicted octanol–water partition coefficient (Wildman–Crippen LogP) is 2.89. The van der Waals surface area contributed by atoms with Crippen molar-refractivity contribution in [3.8, 4) is 0 Å². The summed E-state index contributed by atoms with van der Waals surface area (Å²) in [6.07, 6.45) is 0.175. The fourth-order valence-corrected chi connectivity index (χ4v) is 1.93. The van der Waals surface area contributed by atoms with E-state index in [0.717, 1.165) is 5.56 Å². The van der Waals surface area contributed by atoms with Gasteiger partial charge in [0.15, 0.2) is 0 Å². The van der Waals surface area contributed by atoms with E-state index in [-0.39, 0.29) is 42.6 Å². The van der Waals surface area contributed by atoms with E-state index in [1.807, 2.05) is 27.7 Å². The average Bonchev–Trinajstić information content (AvgIpc) is 2.42. The standard InChI is InChI=1S/C16H24ClN3O2.ClH/c1-10-11(17)6-5-7-12(10)20-13(21)8-9-19-15(22)14(18)16(2,3)4;/h5-7,14H,8-9,18H2,1-4H3,(H,19,22)(H,20,21);1H/t14-;/m1./s1. The molecule has 5 nitrogen and oxygen atoms in total. The molecule has 0 aliphatic rings. The third-order valence-electron chi connectivity index (χ3n) is 3.41.